The van der Waals surface area contributed by atoms with Gasteiger partial charge in [-0.2, -0.15) is 0 Å². The van der Waals surface area contributed by atoms with Crippen LogP contribution in [0, 0.1) is 0 Å². The van der Waals surface area contributed by atoms with Crippen LogP contribution in [0.2, 0.25) is 5.02 Å². The zero-order valence-electron chi connectivity index (χ0n) is 16.4. The molecule has 0 unspecified atom stereocenters. The highest BCUT2D eigenvalue weighted by Crippen LogP contribution is 2.27. The number of nitrogens with zero attached hydrogens (tertiary/aromatic N) is 4. The molecule has 1 fully saturated rings. The number of piperidine rings is 1. The molecule has 0 N–H and O–H groups in total. The van der Waals surface area contributed by atoms with Gasteiger partial charge < -0.3 is 4.57 Å². The molecule has 1 aromatic carbocycles. The quantitative estimate of drug-likeness (QED) is 0.595. The van der Waals surface area contributed by atoms with Gasteiger partial charge in [-0.1, -0.05) is 35.9 Å². The van der Waals surface area contributed by atoms with Gasteiger partial charge in [-0.15, -0.1) is 0 Å². The number of aromatic nitrogens is 3. The summed E-state index contributed by atoms with van der Waals surface area (Å²) in [5, 5.41) is 0.810. The number of likely N-dealkylation sites (tertiary alicyclic amines) is 1. The van der Waals surface area contributed by atoms with Crippen molar-refractivity contribution < 1.29 is 0 Å². The van der Waals surface area contributed by atoms with Gasteiger partial charge in [0.25, 0.3) is 0 Å². The van der Waals surface area contributed by atoms with E-state index in [-0.39, 0.29) is 0 Å². The number of hydrogen-bond acceptors (Lipinski definition) is 3. The second-order valence-electron chi connectivity index (χ2n) is 7.53. The normalized spacial score (nSPS) is 17.7. The molecule has 28 heavy (non-hydrogen) atoms. The fourth-order valence-electron chi connectivity index (χ4n) is 4.08. The Hall–Kier alpha value is -2.17. The highest BCUT2D eigenvalue weighted by atomic mass is 35.5. The molecule has 5 heteroatoms. The first kappa shape index (κ1) is 19.2. The van der Waals surface area contributed by atoms with E-state index in [9.17, 15) is 0 Å². The van der Waals surface area contributed by atoms with Crippen molar-refractivity contribution in [1.82, 2.24) is 19.4 Å². The van der Waals surface area contributed by atoms with Crippen LogP contribution in [0.1, 0.15) is 48.5 Å². The number of hydrogen-bond donors (Lipinski definition) is 0. The SMILES string of the molecule is CCn1ccnc1CN1CCC[C@@H](c2cccc(Cc3ccccc3Cl)n2)C1. The van der Waals surface area contributed by atoms with Gasteiger partial charge in [0.1, 0.15) is 5.82 Å². The third-order valence-corrected chi connectivity index (χ3v) is 5.96. The largest absolute Gasteiger partial charge is 0.334 e. The summed E-state index contributed by atoms with van der Waals surface area (Å²) in [4.78, 5) is 12.1. The van der Waals surface area contributed by atoms with Gasteiger partial charge in [0.05, 0.1) is 6.54 Å². The lowest BCUT2D eigenvalue weighted by Gasteiger charge is -2.32. The Labute approximate surface area is 172 Å². The first-order valence-electron chi connectivity index (χ1n) is 10.1. The highest BCUT2D eigenvalue weighted by molar-refractivity contribution is 6.31. The summed E-state index contributed by atoms with van der Waals surface area (Å²) in [6, 6.07) is 14.4. The standard InChI is InChI=1S/C23H27ClN4/c1-2-28-14-12-25-23(28)17-27-13-6-8-19(16-27)22-11-5-9-20(26-22)15-18-7-3-4-10-21(18)24/h3-5,7,9-12,14,19H,2,6,8,13,15-17H2,1H3/t19-/m1/s1. The van der Waals surface area contributed by atoms with E-state index < -0.39 is 0 Å². The van der Waals surface area contributed by atoms with E-state index in [1.54, 1.807) is 0 Å². The Kier molecular flexibility index (Phi) is 6.08. The Morgan fingerprint density at radius 2 is 2.04 bits per heavy atom. The maximum Gasteiger partial charge on any atom is 0.122 e. The zero-order valence-corrected chi connectivity index (χ0v) is 17.1. The van der Waals surface area contributed by atoms with E-state index in [4.69, 9.17) is 16.6 Å². The summed E-state index contributed by atoms with van der Waals surface area (Å²) in [6.45, 7) is 6.22. The number of benzene rings is 1. The average Bonchev–Trinajstić information content (AvgIpc) is 3.17. The van der Waals surface area contributed by atoms with Gasteiger partial charge in [0.15, 0.2) is 0 Å². The summed E-state index contributed by atoms with van der Waals surface area (Å²) < 4.78 is 2.23. The molecular weight excluding hydrogens is 368 g/mol. The van der Waals surface area contributed by atoms with Crippen molar-refractivity contribution in [2.45, 2.75) is 45.2 Å². The molecule has 3 heterocycles. The summed E-state index contributed by atoms with van der Waals surface area (Å²) in [5.41, 5.74) is 3.42. The molecule has 1 atom stereocenters. The minimum atomic E-state index is 0.477. The van der Waals surface area contributed by atoms with E-state index in [0.29, 0.717) is 5.92 Å². The van der Waals surface area contributed by atoms with Crippen LogP contribution in [0.5, 0.6) is 0 Å². The zero-order chi connectivity index (χ0) is 19.3. The average molecular weight is 395 g/mol. The van der Waals surface area contributed by atoms with E-state index in [2.05, 4.69) is 51.8 Å². The van der Waals surface area contributed by atoms with Crippen molar-refractivity contribution in [3.05, 3.63) is 82.7 Å². The van der Waals surface area contributed by atoms with Crippen LogP contribution in [0.3, 0.4) is 0 Å². The molecule has 1 aliphatic rings. The van der Waals surface area contributed by atoms with Gasteiger partial charge in [-0.05, 0) is 50.1 Å². The monoisotopic (exact) mass is 394 g/mol. The highest BCUT2D eigenvalue weighted by Gasteiger charge is 2.23. The summed E-state index contributed by atoms with van der Waals surface area (Å²) in [5.74, 6) is 1.63. The summed E-state index contributed by atoms with van der Waals surface area (Å²) in [6.07, 6.45) is 7.14. The fourth-order valence-corrected chi connectivity index (χ4v) is 4.28. The number of halogens is 1. The van der Waals surface area contributed by atoms with Crippen LogP contribution >= 0.6 is 11.6 Å². The second kappa shape index (κ2) is 8.89. The predicted molar refractivity (Wildman–Crippen MR) is 114 cm³/mol. The minimum Gasteiger partial charge on any atom is -0.334 e. The van der Waals surface area contributed by atoms with Crippen molar-refractivity contribution in [2.75, 3.05) is 13.1 Å². The van der Waals surface area contributed by atoms with E-state index in [1.165, 1.54) is 18.5 Å². The Balaban J connectivity index is 1.45. The molecule has 0 bridgehead atoms. The van der Waals surface area contributed by atoms with Gasteiger partial charge in [-0.25, -0.2) is 4.98 Å². The van der Waals surface area contributed by atoms with E-state index in [1.807, 2.05) is 24.4 Å². The topological polar surface area (TPSA) is 34.0 Å². The van der Waals surface area contributed by atoms with Crippen molar-refractivity contribution >= 4 is 11.6 Å². The lowest BCUT2D eigenvalue weighted by atomic mass is 9.94. The first-order valence-corrected chi connectivity index (χ1v) is 10.5. The molecule has 0 radical (unpaired) electrons. The molecule has 146 valence electrons. The molecule has 0 amide bonds. The van der Waals surface area contributed by atoms with Gasteiger partial charge in [0, 0.05) is 54.2 Å². The third-order valence-electron chi connectivity index (χ3n) is 5.59. The Bertz CT molecular complexity index is 920. The van der Waals surface area contributed by atoms with E-state index in [0.717, 1.165) is 54.7 Å². The first-order chi connectivity index (χ1) is 13.7. The molecule has 0 spiro atoms. The van der Waals surface area contributed by atoms with Gasteiger partial charge >= 0.3 is 0 Å². The fraction of sp³-hybridized carbons (Fsp3) is 0.391. The summed E-state index contributed by atoms with van der Waals surface area (Å²) in [7, 11) is 0. The molecule has 0 saturated carbocycles. The number of aryl methyl sites for hydroxylation is 1. The smallest absolute Gasteiger partial charge is 0.122 e. The molecule has 3 aromatic rings. The maximum atomic E-state index is 6.33. The predicted octanol–water partition coefficient (Wildman–Crippen LogP) is 4.92. The lowest BCUT2D eigenvalue weighted by molar-refractivity contribution is 0.192. The third kappa shape index (κ3) is 4.45. The molecule has 0 aliphatic carbocycles. The number of imidazole rings is 1. The maximum absolute atomic E-state index is 6.33. The Morgan fingerprint density at radius 3 is 2.89 bits per heavy atom. The molecule has 1 aliphatic heterocycles. The number of rotatable bonds is 6. The minimum absolute atomic E-state index is 0.477. The van der Waals surface area contributed by atoms with Crippen molar-refractivity contribution in [3.63, 3.8) is 0 Å². The van der Waals surface area contributed by atoms with Crippen LogP contribution in [0.15, 0.2) is 54.9 Å². The number of pyridine rings is 1. The molecular formula is C23H27ClN4. The lowest BCUT2D eigenvalue weighted by Crippen LogP contribution is -2.35. The molecule has 2 aromatic heterocycles. The molecule has 4 rings (SSSR count). The summed E-state index contributed by atoms with van der Waals surface area (Å²) >= 11 is 6.33. The van der Waals surface area contributed by atoms with Crippen molar-refractivity contribution in [2.24, 2.45) is 0 Å². The van der Waals surface area contributed by atoms with Gasteiger partial charge in [-0.3, -0.25) is 9.88 Å². The van der Waals surface area contributed by atoms with Crippen molar-refractivity contribution in [1.29, 1.82) is 0 Å². The molecule has 4 nitrogen and oxygen atoms in total. The van der Waals surface area contributed by atoms with Crippen LogP contribution in [-0.4, -0.2) is 32.5 Å². The Morgan fingerprint density at radius 1 is 1.14 bits per heavy atom. The second-order valence-corrected chi connectivity index (χ2v) is 7.93. The van der Waals surface area contributed by atoms with Crippen LogP contribution < -0.4 is 0 Å². The van der Waals surface area contributed by atoms with Crippen LogP contribution in [-0.2, 0) is 19.5 Å². The van der Waals surface area contributed by atoms with Crippen LogP contribution in [0.4, 0.5) is 0 Å². The molecule has 1 saturated heterocycles. The van der Waals surface area contributed by atoms with Crippen LogP contribution in [0.25, 0.3) is 0 Å². The van der Waals surface area contributed by atoms with Gasteiger partial charge in [0.2, 0.25) is 0 Å². The van der Waals surface area contributed by atoms with E-state index >= 15 is 0 Å². The van der Waals surface area contributed by atoms with Crippen molar-refractivity contribution in [3.8, 4) is 0 Å².